The van der Waals surface area contributed by atoms with Gasteiger partial charge in [0, 0.05) is 18.0 Å². The Hall–Kier alpha value is -3.93. The van der Waals surface area contributed by atoms with Crippen LogP contribution in [0.25, 0.3) is 11.1 Å². The number of nitrogens with zero attached hydrogens (tertiary/aromatic N) is 1. The predicted molar refractivity (Wildman–Crippen MR) is 160 cm³/mol. The maximum Gasteiger partial charge on any atom is 0.235 e. The second kappa shape index (κ2) is 11.5. The van der Waals surface area contributed by atoms with E-state index < -0.39 is 64.4 Å². The number of aromatic hydroxyl groups is 1. The lowest BCUT2D eigenvalue weighted by atomic mass is 9.52. The van der Waals surface area contributed by atoms with Gasteiger partial charge in [-0.15, -0.1) is 0 Å². The first kappa shape index (κ1) is 31.5. The zero-order chi connectivity index (χ0) is 32.2. The van der Waals surface area contributed by atoms with Crippen LogP contribution in [0.5, 0.6) is 11.5 Å². The van der Waals surface area contributed by atoms with E-state index in [1.54, 1.807) is 27.3 Å². The third-order valence-corrected chi connectivity index (χ3v) is 9.38. The van der Waals surface area contributed by atoms with Gasteiger partial charge in [-0.25, -0.2) is 0 Å². The van der Waals surface area contributed by atoms with Gasteiger partial charge in [0.2, 0.25) is 5.91 Å². The van der Waals surface area contributed by atoms with Gasteiger partial charge in [0.1, 0.15) is 11.5 Å². The quantitative estimate of drug-likeness (QED) is 0.321. The number of rotatable bonds is 8. The van der Waals surface area contributed by atoms with Gasteiger partial charge in [-0.2, -0.15) is 0 Å². The highest BCUT2D eigenvalue weighted by Gasteiger charge is 2.69. The van der Waals surface area contributed by atoms with E-state index in [-0.39, 0.29) is 24.2 Å². The lowest BCUT2D eigenvalue weighted by Gasteiger charge is -2.52. The van der Waals surface area contributed by atoms with Crippen LogP contribution in [0.15, 0.2) is 30.3 Å². The largest absolute Gasteiger partial charge is 0.507 e. The number of carbonyl (C=O) groups excluding carboxylic acids is 5. The fourth-order valence-corrected chi connectivity index (χ4v) is 7.44. The average molecular weight is 606 g/mol. The van der Waals surface area contributed by atoms with Crippen molar-refractivity contribution in [3.05, 3.63) is 47.0 Å². The number of fused-ring (bicyclic) bond motifs is 3. The maximum atomic E-state index is 14.1. The number of nitrogens with one attached hydrogen (secondary N) is 1. The highest BCUT2D eigenvalue weighted by molar-refractivity contribution is 6.32. The lowest BCUT2D eigenvalue weighted by Crippen LogP contribution is -2.74. The number of carbonyl (C=O) groups is 5. The van der Waals surface area contributed by atoms with E-state index >= 15 is 0 Å². The molecule has 5 rings (SSSR count). The van der Waals surface area contributed by atoms with Crippen LogP contribution in [0.3, 0.4) is 0 Å². The Morgan fingerprint density at radius 2 is 1.82 bits per heavy atom. The first-order valence-corrected chi connectivity index (χ1v) is 14.8. The summed E-state index contributed by atoms with van der Waals surface area (Å²) in [5.41, 5.74) is 5.43. The number of phenols is 1. The number of amides is 1. The second-order valence-corrected chi connectivity index (χ2v) is 12.8. The molecule has 0 saturated heterocycles. The number of hydrogen-bond donors (Lipinski definition) is 4. The van der Waals surface area contributed by atoms with Gasteiger partial charge in [0.15, 0.2) is 34.7 Å². The molecule has 0 aliphatic heterocycles. The molecule has 11 heteroatoms. The van der Waals surface area contributed by atoms with Gasteiger partial charge in [0.05, 0.1) is 24.6 Å². The molecule has 3 aliphatic carbocycles. The minimum atomic E-state index is -2.76. The molecular weight excluding hydrogens is 566 g/mol. The van der Waals surface area contributed by atoms with Crippen LogP contribution in [-0.2, 0) is 32.1 Å². The van der Waals surface area contributed by atoms with Crippen LogP contribution in [0, 0.1) is 29.6 Å². The fourth-order valence-electron chi connectivity index (χ4n) is 7.44. The smallest absolute Gasteiger partial charge is 0.235 e. The molecule has 2 fully saturated rings. The molecule has 0 aromatic heterocycles. The van der Waals surface area contributed by atoms with Crippen molar-refractivity contribution in [2.24, 2.45) is 35.3 Å². The van der Waals surface area contributed by atoms with Crippen molar-refractivity contribution in [3.8, 4) is 22.6 Å². The minimum Gasteiger partial charge on any atom is -0.507 e. The number of phenolic OH excluding ortho intramolecular Hbond substituents is 1. The Morgan fingerprint density at radius 1 is 1.11 bits per heavy atom. The average Bonchev–Trinajstić information content (AvgIpc) is 2.94. The summed E-state index contributed by atoms with van der Waals surface area (Å²) in [5, 5.41) is 26.1. The van der Waals surface area contributed by atoms with Crippen LogP contribution < -0.4 is 15.8 Å². The van der Waals surface area contributed by atoms with E-state index in [2.05, 4.69) is 19.2 Å². The topological polar surface area (TPSA) is 176 Å². The molecule has 0 heterocycles. The number of ether oxygens (including phenoxy) is 1. The third-order valence-electron chi connectivity index (χ3n) is 9.38. The molecule has 0 spiro atoms. The van der Waals surface area contributed by atoms with Crippen molar-refractivity contribution in [3.63, 3.8) is 0 Å². The molecule has 234 valence electrons. The zero-order valence-corrected chi connectivity index (χ0v) is 25.5. The van der Waals surface area contributed by atoms with Crippen molar-refractivity contribution >= 4 is 29.0 Å². The van der Waals surface area contributed by atoms with Crippen molar-refractivity contribution < 1.29 is 38.9 Å². The SMILES string of the molecule is COc1ccc(CNCC(C)C)cc1-c1ccc(O)c2c1C[C@@H]1C[C@@H]3[C@@H](N(C)C)C(=O)C(C(N)=O)C(=O)[C@]3(O)C(=O)C1C2=O. The normalized spacial score (nSPS) is 28.1. The lowest BCUT2D eigenvalue weighted by molar-refractivity contribution is -0.181. The van der Waals surface area contributed by atoms with Crippen LogP contribution in [0.2, 0.25) is 0 Å². The van der Waals surface area contributed by atoms with Crippen molar-refractivity contribution in [2.45, 2.75) is 44.9 Å². The van der Waals surface area contributed by atoms with Gasteiger partial charge in [-0.1, -0.05) is 26.0 Å². The van der Waals surface area contributed by atoms with E-state index in [0.29, 0.717) is 34.9 Å². The van der Waals surface area contributed by atoms with E-state index in [0.717, 1.165) is 12.1 Å². The summed E-state index contributed by atoms with van der Waals surface area (Å²) in [6, 6.07) is 7.69. The summed E-state index contributed by atoms with van der Waals surface area (Å²) in [4.78, 5) is 68.6. The molecule has 2 unspecified atom stereocenters. The fraction of sp³-hybridized carbons (Fsp3) is 0.485. The number of Topliss-reactive ketones (excluding diaryl/α,β-unsaturated/α-hetero) is 4. The second-order valence-electron chi connectivity index (χ2n) is 12.8. The van der Waals surface area contributed by atoms with Crippen molar-refractivity contribution in [2.75, 3.05) is 27.7 Å². The molecule has 44 heavy (non-hydrogen) atoms. The van der Waals surface area contributed by atoms with Crippen molar-refractivity contribution in [1.82, 2.24) is 10.2 Å². The Balaban J connectivity index is 1.61. The monoisotopic (exact) mass is 605 g/mol. The summed E-state index contributed by atoms with van der Waals surface area (Å²) in [6.45, 7) is 5.67. The number of ketones is 4. The highest BCUT2D eigenvalue weighted by Crippen LogP contribution is 2.52. The molecule has 1 amide bonds. The highest BCUT2D eigenvalue weighted by atomic mass is 16.5. The number of benzene rings is 2. The first-order valence-electron chi connectivity index (χ1n) is 14.8. The van der Waals surface area contributed by atoms with E-state index in [1.807, 2.05) is 18.2 Å². The predicted octanol–water partition coefficient (Wildman–Crippen LogP) is 1.29. The van der Waals surface area contributed by atoms with Crippen molar-refractivity contribution in [1.29, 1.82) is 0 Å². The number of likely N-dealkylation sites (N-methyl/N-ethyl adjacent to an activating group) is 1. The summed E-state index contributed by atoms with van der Waals surface area (Å²) < 4.78 is 5.67. The Bertz CT molecular complexity index is 1570. The molecule has 0 radical (unpaired) electrons. The van der Waals surface area contributed by atoms with Gasteiger partial charge in [0.25, 0.3) is 0 Å². The molecule has 0 bridgehead atoms. The van der Waals surface area contributed by atoms with Gasteiger partial charge >= 0.3 is 0 Å². The first-order chi connectivity index (χ1) is 20.7. The molecule has 5 N–H and O–H groups in total. The van der Waals surface area contributed by atoms with Crippen LogP contribution in [-0.4, -0.2) is 83.5 Å². The molecular formula is C33H39N3O8. The van der Waals surface area contributed by atoms with Gasteiger partial charge < -0.3 is 26.0 Å². The molecule has 2 aromatic rings. The summed E-state index contributed by atoms with van der Waals surface area (Å²) in [6.07, 6.45) is 0.143. The molecule has 3 aliphatic rings. The van der Waals surface area contributed by atoms with Gasteiger partial charge in [-0.3, -0.25) is 28.9 Å². The number of methoxy groups -OCH3 is 1. The molecule has 2 saturated carbocycles. The number of nitrogens with two attached hydrogens (primary N) is 1. The number of hydrogen-bond acceptors (Lipinski definition) is 10. The standard InChI is InChI=1S/C33H39N3O8/c1-15(2)13-35-14-16-6-9-23(44-5)19(10-16)18-7-8-22(37)25-20(18)11-17-12-21-27(36(3)4)29(39)26(32(34)42)31(41)33(21,43)30(40)24(17)28(25)38/h6-10,15,17,21,24,26-27,35,37,43H,11-14H2,1-5H3,(H2,34,42)/t17-,21-,24?,26?,27-,33-/m1/s1. The molecule has 6 atom stereocenters. The maximum absolute atomic E-state index is 14.1. The summed E-state index contributed by atoms with van der Waals surface area (Å²) >= 11 is 0. The third kappa shape index (κ3) is 4.83. The van der Waals surface area contributed by atoms with Gasteiger partial charge in [-0.05, 0) is 80.2 Å². The van der Waals surface area contributed by atoms with E-state index in [9.17, 15) is 34.2 Å². The van der Waals surface area contributed by atoms with Crippen LogP contribution in [0.4, 0.5) is 0 Å². The Labute approximate surface area is 255 Å². The zero-order valence-electron chi connectivity index (χ0n) is 25.5. The Morgan fingerprint density at radius 3 is 2.43 bits per heavy atom. The van der Waals surface area contributed by atoms with E-state index in [1.165, 1.54) is 11.0 Å². The Kier molecular flexibility index (Phi) is 8.25. The van der Waals surface area contributed by atoms with Crippen LogP contribution in [0.1, 0.15) is 41.8 Å². The van der Waals surface area contributed by atoms with E-state index in [4.69, 9.17) is 10.5 Å². The number of aliphatic hydroxyl groups is 1. The summed E-state index contributed by atoms with van der Waals surface area (Å²) in [7, 11) is 4.66. The van der Waals surface area contributed by atoms with Crippen LogP contribution >= 0.6 is 0 Å². The summed E-state index contributed by atoms with van der Waals surface area (Å²) in [5.74, 6) is -9.73. The number of primary amides is 1. The molecule has 2 aromatic carbocycles. The minimum absolute atomic E-state index is 0.0186. The molecule has 11 nitrogen and oxygen atoms in total.